The van der Waals surface area contributed by atoms with Crippen molar-refractivity contribution < 1.29 is 19.3 Å². The van der Waals surface area contributed by atoms with Crippen molar-refractivity contribution in [3.63, 3.8) is 0 Å². The molecule has 0 radical (unpaired) electrons. The molecule has 0 fully saturated rings. The normalized spacial score (nSPS) is 11.2. The van der Waals surface area contributed by atoms with Gasteiger partial charge in [-0.05, 0) is 6.92 Å². The molecular formula is C25H36N4O4. The third kappa shape index (κ3) is 9.55. The molecule has 2 rings (SSSR count). The molecule has 0 atom stereocenters. The van der Waals surface area contributed by atoms with E-state index in [4.69, 9.17) is 14.5 Å². The maximum Gasteiger partial charge on any atom is 0.273 e. The van der Waals surface area contributed by atoms with Crippen molar-refractivity contribution >= 4 is 23.0 Å². The highest BCUT2D eigenvalue weighted by Crippen LogP contribution is 2.13. The lowest BCUT2D eigenvalue weighted by atomic mass is 10.0. The minimum Gasteiger partial charge on any atom is -0.399 e. The van der Waals surface area contributed by atoms with E-state index in [-0.39, 0.29) is 18.2 Å². The molecule has 0 saturated carbocycles. The number of nitrogens with zero attached hydrogens (tertiary/aromatic N) is 3. The van der Waals surface area contributed by atoms with E-state index < -0.39 is 0 Å². The van der Waals surface area contributed by atoms with Gasteiger partial charge in [0, 0.05) is 23.7 Å². The van der Waals surface area contributed by atoms with Crippen LogP contribution in [0, 0.1) is 0 Å². The highest BCUT2D eigenvalue weighted by molar-refractivity contribution is 6.47. The van der Waals surface area contributed by atoms with Gasteiger partial charge in [-0.2, -0.15) is 0 Å². The average molecular weight is 457 g/mol. The van der Waals surface area contributed by atoms with Crippen LogP contribution in [0.1, 0.15) is 51.3 Å². The van der Waals surface area contributed by atoms with Crippen LogP contribution in [0.5, 0.6) is 0 Å². The summed E-state index contributed by atoms with van der Waals surface area (Å²) >= 11 is 0. The van der Waals surface area contributed by atoms with Gasteiger partial charge in [0.05, 0.1) is 0 Å². The van der Waals surface area contributed by atoms with Crippen LogP contribution in [-0.4, -0.2) is 44.3 Å². The molecule has 0 bridgehead atoms. The topological polar surface area (TPSA) is 93.9 Å². The summed E-state index contributed by atoms with van der Waals surface area (Å²) in [7, 11) is 4.39. The largest absolute Gasteiger partial charge is 0.399 e. The number of hydrogen-bond donors (Lipinski definition) is 1. The number of nitrogens with one attached hydrogen (secondary N) is 1. The first-order valence-corrected chi connectivity index (χ1v) is 10.9. The van der Waals surface area contributed by atoms with Gasteiger partial charge >= 0.3 is 0 Å². The third-order valence-corrected chi connectivity index (χ3v) is 3.89. The van der Waals surface area contributed by atoms with Crippen LogP contribution in [0.25, 0.3) is 0 Å². The molecule has 0 aliphatic carbocycles. The molecular weight excluding hydrogens is 420 g/mol. The minimum atomic E-state index is -0.363. The zero-order valence-corrected chi connectivity index (χ0v) is 20.9. The van der Waals surface area contributed by atoms with Crippen LogP contribution >= 0.6 is 0 Å². The quantitative estimate of drug-likeness (QED) is 0.434. The number of likely N-dealkylation sites (N-methyl/N-ethyl adjacent to an activating group) is 1. The second-order valence-corrected chi connectivity index (χ2v) is 5.80. The first-order chi connectivity index (χ1) is 16.1. The van der Waals surface area contributed by atoms with Crippen molar-refractivity contribution in [2.45, 2.75) is 41.2 Å². The van der Waals surface area contributed by atoms with Gasteiger partial charge in [0.15, 0.2) is 5.71 Å². The van der Waals surface area contributed by atoms with Crippen molar-refractivity contribution in [2.75, 3.05) is 21.3 Å². The smallest absolute Gasteiger partial charge is 0.273 e. The van der Waals surface area contributed by atoms with Crippen LogP contribution in [0.2, 0.25) is 0 Å². The SMILES string of the molecule is CC.CC.CNC(=O)/C(=N/OC)c1ccccc1CON=C(C)C(=NOC)c1ccccc1. The Kier molecular flexibility index (Phi) is 15.9. The van der Waals surface area contributed by atoms with E-state index in [1.807, 2.05) is 70.2 Å². The van der Waals surface area contributed by atoms with E-state index in [2.05, 4.69) is 20.8 Å². The zero-order chi connectivity index (χ0) is 25.1. The van der Waals surface area contributed by atoms with E-state index in [0.717, 1.165) is 11.1 Å². The number of carbonyl (C=O) groups excluding carboxylic acids is 1. The van der Waals surface area contributed by atoms with E-state index in [0.29, 0.717) is 17.0 Å². The monoisotopic (exact) mass is 456 g/mol. The van der Waals surface area contributed by atoms with Gasteiger partial charge in [-0.1, -0.05) is 97.8 Å². The Bertz CT molecular complexity index is 910. The van der Waals surface area contributed by atoms with E-state index in [1.54, 1.807) is 19.1 Å². The van der Waals surface area contributed by atoms with Gasteiger partial charge in [-0.3, -0.25) is 4.79 Å². The summed E-state index contributed by atoms with van der Waals surface area (Å²) in [4.78, 5) is 27.4. The fraction of sp³-hybridized carbons (Fsp3) is 0.360. The lowest BCUT2D eigenvalue weighted by Gasteiger charge is -2.10. The predicted molar refractivity (Wildman–Crippen MR) is 135 cm³/mol. The molecule has 0 spiro atoms. The lowest BCUT2D eigenvalue weighted by molar-refractivity contribution is -0.114. The maximum absolute atomic E-state index is 12.1. The van der Waals surface area contributed by atoms with E-state index >= 15 is 0 Å². The van der Waals surface area contributed by atoms with Crippen LogP contribution in [-0.2, 0) is 25.9 Å². The molecule has 0 aliphatic heterocycles. The zero-order valence-electron chi connectivity index (χ0n) is 20.9. The number of benzene rings is 2. The lowest BCUT2D eigenvalue weighted by Crippen LogP contribution is -2.29. The maximum atomic E-state index is 12.1. The summed E-state index contributed by atoms with van der Waals surface area (Å²) < 4.78 is 0. The summed E-state index contributed by atoms with van der Waals surface area (Å²) in [5.41, 5.74) is 3.44. The first-order valence-electron chi connectivity index (χ1n) is 10.9. The Balaban J connectivity index is 0.00000242. The Morgan fingerprint density at radius 3 is 1.94 bits per heavy atom. The molecule has 2 aromatic rings. The molecule has 2 aromatic carbocycles. The van der Waals surface area contributed by atoms with Crippen molar-refractivity contribution in [3.8, 4) is 0 Å². The molecule has 180 valence electrons. The summed E-state index contributed by atoms with van der Waals surface area (Å²) in [5, 5.41) is 14.6. The average Bonchev–Trinajstić information content (AvgIpc) is 2.88. The van der Waals surface area contributed by atoms with Gasteiger partial charge < -0.3 is 19.8 Å². The van der Waals surface area contributed by atoms with Crippen molar-refractivity contribution in [3.05, 3.63) is 71.3 Å². The number of hydrogen-bond acceptors (Lipinski definition) is 7. The first kappa shape index (κ1) is 29.3. The standard InChI is InChI=1S/C21H24N4O4.2C2H6/c1-15(19(24-27-3)16-10-6-5-7-11-16)23-29-14-17-12-8-9-13-18(17)20(25-28-4)21(26)22-2;2*1-2/h5-13H,14H2,1-4H3,(H,22,26);2*1-2H3/b23-15?,24-19?,25-20+;;. The molecule has 0 saturated heterocycles. The minimum absolute atomic E-state index is 0.127. The van der Waals surface area contributed by atoms with Gasteiger partial charge in [0.1, 0.15) is 32.2 Å². The molecule has 0 aliphatic rings. The molecule has 0 heterocycles. The second kappa shape index (κ2) is 17.9. The van der Waals surface area contributed by atoms with Gasteiger partial charge in [0.2, 0.25) is 0 Å². The highest BCUT2D eigenvalue weighted by atomic mass is 16.6. The van der Waals surface area contributed by atoms with Gasteiger partial charge in [-0.25, -0.2) is 0 Å². The molecule has 33 heavy (non-hydrogen) atoms. The third-order valence-electron chi connectivity index (χ3n) is 3.89. The van der Waals surface area contributed by atoms with Gasteiger partial charge in [0.25, 0.3) is 5.91 Å². The number of oxime groups is 3. The number of rotatable bonds is 9. The molecule has 0 aromatic heterocycles. The Morgan fingerprint density at radius 1 is 0.818 bits per heavy atom. The van der Waals surface area contributed by atoms with Crippen molar-refractivity contribution in [1.29, 1.82) is 0 Å². The van der Waals surface area contributed by atoms with Crippen LogP contribution in [0.4, 0.5) is 0 Å². The Hall–Kier alpha value is -3.68. The fourth-order valence-corrected chi connectivity index (χ4v) is 2.56. The molecule has 1 N–H and O–H groups in total. The number of amides is 1. The molecule has 0 unspecified atom stereocenters. The number of carbonyl (C=O) groups is 1. The summed E-state index contributed by atoms with van der Waals surface area (Å²) in [5.74, 6) is -0.363. The van der Waals surface area contributed by atoms with Crippen molar-refractivity contribution in [1.82, 2.24) is 5.32 Å². The van der Waals surface area contributed by atoms with E-state index in [9.17, 15) is 4.79 Å². The fourth-order valence-electron chi connectivity index (χ4n) is 2.56. The molecule has 8 heteroatoms. The summed E-state index contributed by atoms with van der Waals surface area (Å²) in [6.45, 7) is 9.90. The van der Waals surface area contributed by atoms with Crippen LogP contribution in [0.3, 0.4) is 0 Å². The van der Waals surface area contributed by atoms with Crippen LogP contribution < -0.4 is 5.32 Å². The Labute approximate surface area is 197 Å². The van der Waals surface area contributed by atoms with Crippen molar-refractivity contribution in [2.24, 2.45) is 15.5 Å². The van der Waals surface area contributed by atoms with Crippen LogP contribution in [0.15, 0.2) is 70.1 Å². The summed E-state index contributed by atoms with van der Waals surface area (Å²) in [6, 6.07) is 16.8. The highest BCUT2D eigenvalue weighted by Gasteiger charge is 2.17. The van der Waals surface area contributed by atoms with Gasteiger partial charge in [-0.15, -0.1) is 0 Å². The predicted octanol–water partition coefficient (Wildman–Crippen LogP) is 4.78. The molecule has 1 amide bonds. The Morgan fingerprint density at radius 2 is 1.36 bits per heavy atom. The second-order valence-electron chi connectivity index (χ2n) is 5.80. The van der Waals surface area contributed by atoms with E-state index in [1.165, 1.54) is 21.3 Å². The summed E-state index contributed by atoms with van der Waals surface area (Å²) in [6.07, 6.45) is 0. The molecule has 8 nitrogen and oxygen atoms in total.